The zero-order valence-corrected chi connectivity index (χ0v) is 13.6. The number of rotatable bonds is 2. The third-order valence-electron chi connectivity index (χ3n) is 3.50. The minimum atomic E-state index is -0.458. The summed E-state index contributed by atoms with van der Waals surface area (Å²) in [6, 6.07) is 13.6. The van der Waals surface area contributed by atoms with Crippen LogP contribution in [0.25, 0.3) is 0 Å². The van der Waals surface area contributed by atoms with Gasteiger partial charge in [0.25, 0.3) is 11.8 Å². The third kappa shape index (κ3) is 3.41. The molecule has 3 N–H and O–H groups in total. The number of anilines is 1. The molecule has 1 atom stereocenters. The van der Waals surface area contributed by atoms with Crippen LogP contribution in [0.3, 0.4) is 0 Å². The summed E-state index contributed by atoms with van der Waals surface area (Å²) in [5.41, 5.74) is 6.12. The van der Waals surface area contributed by atoms with Gasteiger partial charge >= 0.3 is 0 Å². The fourth-order valence-electron chi connectivity index (χ4n) is 2.20. The highest BCUT2D eigenvalue weighted by molar-refractivity contribution is 8.00. The molecule has 7 heteroatoms. The van der Waals surface area contributed by atoms with Gasteiger partial charge in [-0.05, 0) is 37.3 Å². The highest BCUT2D eigenvalue weighted by atomic mass is 32.2. The number of amides is 3. The Hall–Kier alpha value is -2.80. The van der Waals surface area contributed by atoms with Crippen molar-refractivity contribution < 1.29 is 14.4 Å². The van der Waals surface area contributed by atoms with Crippen LogP contribution in [0.15, 0.2) is 53.4 Å². The average Bonchev–Trinajstić information content (AvgIpc) is 2.60. The zero-order chi connectivity index (χ0) is 17.1. The second-order valence-electron chi connectivity index (χ2n) is 5.23. The Bertz CT molecular complexity index is 808. The zero-order valence-electron chi connectivity index (χ0n) is 12.8. The predicted octanol–water partition coefficient (Wildman–Crippen LogP) is 2.19. The maximum atomic E-state index is 12.2. The summed E-state index contributed by atoms with van der Waals surface area (Å²) in [5, 5.41) is 2.60. The first kappa shape index (κ1) is 16.1. The number of carbonyl (C=O) groups excluding carboxylic acids is 3. The van der Waals surface area contributed by atoms with Crippen molar-refractivity contribution in [1.29, 1.82) is 0 Å². The number of benzene rings is 2. The Morgan fingerprint density at radius 2 is 1.67 bits per heavy atom. The van der Waals surface area contributed by atoms with Crippen molar-refractivity contribution in [3.8, 4) is 0 Å². The summed E-state index contributed by atoms with van der Waals surface area (Å²) >= 11 is 1.44. The molecule has 3 rings (SSSR count). The van der Waals surface area contributed by atoms with Crippen LogP contribution >= 0.6 is 11.8 Å². The fourth-order valence-corrected chi connectivity index (χ4v) is 3.13. The first-order valence-electron chi connectivity index (χ1n) is 7.32. The quantitative estimate of drug-likeness (QED) is 0.731. The normalized spacial score (nSPS) is 15.9. The summed E-state index contributed by atoms with van der Waals surface area (Å²) in [6.45, 7) is 1.82. The van der Waals surface area contributed by atoms with Crippen LogP contribution in [0.1, 0.15) is 27.6 Å². The molecule has 3 amide bonds. The van der Waals surface area contributed by atoms with E-state index in [4.69, 9.17) is 0 Å². The lowest BCUT2D eigenvalue weighted by atomic mass is 10.2. The van der Waals surface area contributed by atoms with Crippen molar-refractivity contribution in [2.75, 3.05) is 5.32 Å². The van der Waals surface area contributed by atoms with Gasteiger partial charge in [-0.15, -0.1) is 11.8 Å². The molecule has 0 spiro atoms. The number of hydrogen-bond acceptors (Lipinski definition) is 4. The molecule has 0 radical (unpaired) electrons. The maximum absolute atomic E-state index is 12.2. The Morgan fingerprint density at radius 3 is 2.38 bits per heavy atom. The van der Waals surface area contributed by atoms with E-state index in [0.717, 1.165) is 4.90 Å². The Morgan fingerprint density at radius 1 is 1.00 bits per heavy atom. The van der Waals surface area contributed by atoms with Crippen molar-refractivity contribution in [3.05, 3.63) is 59.7 Å². The van der Waals surface area contributed by atoms with E-state index in [1.807, 2.05) is 6.92 Å². The number of fused-ring (bicyclic) bond motifs is 1. The lowest BCUT2D eigenvalue weighted by Crippen LogP contribution is -2.41. The lowest BCUT2D eigenvalue weighted by molar-refractivity contribution is -0.115. The van der Waals surface area contributed by atoms with Gasteiger partial charge in [0.1, 0.15) is 0 Å². The molecule has 0 saturated heterocycles. The van der Waals surface area contributed by atoms with Crippen molar-refractivity contribution in [2.45, 2.75) is 17.1 Å². The van der Waals surface area contributed by atoms with Gasteiger partial charge in [-0.25, -0.2) is 0 Å². The molecule has 0 unspecified atom stereocenters. The summed E-state index contributed by atoms with van der Waals surface area (Å²) in [4.78, 5) is 36.7. The van der Waals surface area contributed by atoms with Crippen LogP contribution in [-0.4, -0.2) is 23.0 Å². The maximum Gasteiger partial charge on any atom is 0.269 e. The van der Waals surface area contributed by atoms with Crippen LogP contribution in [0, 0.1) is 0 Å². The largest absolute Gasteiger partial charge is 0.324 e. The highest BCUT2D eigenvalue weighted by Gasteiger charge is 2.23. The predicted molar refractivity (Wildman–Crippen MR) is 91.8 cm³/mol. The SMILES string of the molecule is C[C@@H]1Sc2ccc(C(=O)NNC(=O)c3ccccc3)cc2NC1=O. The average molecular weight is 341 g/mol. The second kappa shape index (κ2) is 6.76. The van der Waals surface area contributed by atoms with E-state index in [2.05, 4.69) is 16.2 Å². The molecule has 0 bridgehead atoms. The van der Waals surface area contributed by atoms with Crippen molar-refractivity contribution in [3.63, 3.8) is 0 Å². The molecule has 2 aromatic carbocycles. The molecule has 1 aliphatic heterocycles. The van der Waals surface area contributed by atoms with Gasteiger partial charge in [0.2, 0.25) is 5.91 Å². The Labute approximate surface area is 143 Å². The summed E-state index contributed by atoms with van der Waals surface area (Å²) < 4.78 is 0. The van der Waals surface area contributed by atoms with E-state index in [1.54, 1.807) is 48.5 Å². The molecule has 122 valence electrons. The summed E-state index contributed by atoms with van der Waals surface area (Å²) in [5.74, 6) is -0.956. The van der Waals surface area contributed by atoms with Gasteiger partial charge in [0.15, 0.2) is 0 Å². The Balaban J connectivity index is 1.67. The minimum Gasteiger partial charge on any atom is -0.324 e. The van der Waals surface area contributed by atoms with Crippen molar-refractivity contribution in [1.82, 2.24) is 10.9 Å². The van der Waals surface area contributed by atoms with Gasteiger partial charge < -0.3 is 5.32 Å². The van der Waals surface area contributed by atoms with Crippen LogP contribution in [0.5, 0.6) is 0 Å². The number of hydrazine groups is 1. The molecular weight excluding hydrogens is 326 g/mol. The van der Waals surface area contributed by atoms with E-state index in [1.165, 1.54) is 11.8 Å². The van der Waals surface area contributed by atoms with Crippen LogP contribution in [-0.2, 0) is 4.79 Å². The standard InChI is InChI=1S/C17H15N3O3S/c1-10-15(21)18-13-9-12(7-8-14(13)24-10)17(23)20-19-16(22)11-5-3-2-4-6-11/h2-10H,1H3,(H,18,21)(H,19,22)(H,20,23)/t10-/m0/s1. The van der Waals surface area contributed by atoms with E-state index < -0.39 is 11.8 Å². The molecule has 24 heavy (non-hydrogen) atoms. The number of hydrogen-bond donors (Lipinski definition) is 3. The van der Waals surface area contributed by atoms with E-state index in [0.29, 0.717) is 16.8 Å². The topological polar surface area (TPSA) is 87.3 Å². The van der Waals surface area contributed by atoms with Crippen molar-refractivity contribution >= 4 is 35.2 Å². The monoisotopic (exact) mass is 341 g/mol. The molecule has 6 nitrogen and oxygen atoms in total. The summed E-state index contributed by atoms with van der Waals surface area (Å²) in [7, 11) is 0. The van der Waals surface area contributed by atoms with Crippen LogP contribution in [0.2, 0.25) is 0 Å². The molecule has 0 saturated carbocycles. The molecule has 0 aliphatic carbocycles. The molecule has 2 aromatic rings. The minimum absolute atomic E-state index is 0.0950. The van der Waals surface area contributed by atoms with E-state index in [9.17, 15) is 14.4 Å². The van der Waals surface area contributed by atoms with Gasteiger partial charge in [-0.1, -0.05) is 18.2 Å². The van der Waals surface area contributed by atoms with Crippen LogP contribution < -0.4 is 16.2 Å². The first-order chi connectivity index (χ1) is 11.5. The first-order valence-corrected chi connectivity index (χ1v) is 8.20. The number of nitrogens with one attached hydrogen (secondary N) is 3. The highest BCUT2D eigenvalue weighted by Crippen LogP contribution is 2.35. The molecule has 0 aromatic heterocycles. The van der Waals surface area contributed by atoms with Gasteiger partial charge in [-0.3, -0.25) is 25.2 Å². The van der Waals surface area contributed by atoms with E-state index in [-0.39, 0.29) is 11.2 Å². The van der Waals surface area contributed by atoms with Gasteiger partial charge in [0.05, 0.1) is 10.9 Å². The molecule has 1 aliphatic rings. The van der Waals surface area contributed by atoms with Crippen LogP contribution in [0.4, 0.5) is 5.69 Å². The lowest BCUT2D eigenvalue weighted by Gasteiger charge is -2.21. The summed E-state index contributed by atoms with van der Waals surface area (Å²) in [6.07, 6.45) is 0. The third-order valence-corrected chi connectivity index (χ3v) is 4.68. The number of thioether (sulfide) groups is 1. The molecular formula is C17H15N3O3S. The molecule has 0 fully saturated rings. The molecule has 1 heterocycles. The van der Waals surface area contributed by atoms with Gasteiger partial charge in [-0.2, -0.15) is 0 Å². The Kier molecular flexibility index (Phi) is 4.52. The van der Waals surface area contributed by atoms with Gasteiger partial charge in [0, 0.05) is 16.0 Å². The number of carbonyl (C=O) groups is 3. The van der Waals surface area contributed by atoms with Crippen molar-refractivity contribution in [2.24, 2.45) is 0 Å². The smallest absolute Gasteiger partial charge is 0.269 e. The van der Waals surface area contributed by atoms with E-state index >= 15 is 0 Å². The second-order valence-corrected chi connectivity index (χ2v) is 6.62. The fraction of sp³-hybridized carbons (Fsp3) is 0.118.